The molecule has 1 heterocycles. The minimum atomic E-state index is -3.59. The van der Waals surface area contributed by atoms with Gasteiger partial charge in [-0.15, -0.1) is 0 Å². The Hall–Kier alpha value is -0.920. The summed E-state index contributed by atoms with van der Waals surface area (Å²) in [4.78, 5) is 7.21. The second-order valence-corrected chi connectivity index (χ2v) is 5.15. The zero-order valence-electron chi connectivity index (χ0n) is 8.14. The molecule has 0 saturated heterocycles. The third kappa shape index (κ3) is 2.55. The Morgan fingerprint density at radius 1 is 1.47 bits per heavy atom. The Balaban J connectivity index is 1.93. The lowest BCUT2D eigenvalue weighted by molar-refractivity contribution is 0.0222. The number of aromatic amines is 1. The predicted octanol–water partition coefficient (Wildman–Crippen LogP) is 0.562. The van der Waals surface area contributed by atoms with Crippen LogP contribution in [-0.2, 0) is 14.9 Å². The molecule has 0 unspecified atom stereocenters. The molecule has 1 aromatic rings. The van der Waals surface area contributed by atoms with Crippen molar-refractivity contribution in [3.05, 3.63) is 12.3 Å². The van der Waals surface area contributed by atoms with Crippen LogP contribution in [0, 0.1) is 0 Å². The van der Waals surface area contributed by atoms with Gasteiger partial charge in [-0.1, -0.05) is 17.7 Å². The summed E-state index contributed by atoms with van der Waals surface area (Å²) in [5.41, 5.74) is 0. The highest BCUT2D eigenvalue weighted by atomic mass is 32.2. The fourth-order valence-corrected chi connectivity index (χ4v) is 2.34. The number of sulfonamides is 1. The summed E-state index contributed by atoms with van der Waals surface area (Å²) in [6.07, 6.45) is 5.39. The van der Waals surface area contributed by atoms with Gasteiger partial charge in [0.2, 0.25) is 0 Å². The molecule has 0 aliphatic heterocycles. The second-order valence-electron chi connectivity index (χ2n) is 3.53. The first-order valence-corrected chi connectivity index (χ1v) is 6.33. The lowest BCUT2D eigenvalue weighted by Crippen LogP contribution is -2.28. The normalized spacial score (nSPS) is 18.4. The first kappa shape index (κ1) is 10.6. The standard InChI is InChI=1S/C8H13N3O3S/c12-15(13,8-5-6-9-10-8)11-14-7-3-1-2-4-7/h5-7,11H,1-4H2,(H,9,10). The monoisotopic (exact) mass is 231 g/mol. The van der Waals surface area contributed by atoms with Crippen molar-refractivity contribution in [2.75, 3.05) is 0 Å². The first-order chi connectivity index (χ1) is 7.18. The lowest BCUT2D eigenvalue weighted by atomic mass is 10.3. The molecule has 7 heteroatoms. The van der Waals surface area contributed by atoms with Crippen molar-refractivity contribution in [1.82, 2.24) is 15.1 Å². The van der Waals surface area contributed by atoms with Crippen LogP contribution in [0.2, 0.25) is 0 Å². The van der Waals surface area contributed by atoms with E-state index in [0.29, 0.717) is 0 Å². The zero-order valence-corrected chi connectivity index (χ0v) is 8.96. The topological polar surface area (TPSA) is 84.1 Å². The van der Waals surface area contributed by atoms with Crippen molar-refractivity contribution in [2.45, 2.75) is 36.8 Å². The Labute approximate surface area is 88.0 Å². The highest BCUT2D eigenvalue weighted by Crippen LogP contribution is 2.20. The number of hydrogen-bond acceptors (Lipinski definition) is 4. The van der Waals surface area contributed by atoms with Gasteiger partial charge in [0.15, 0.2) is 5.03 Å². The maximum absolute atomic E-state index is 11.5. The molecular weight excluding hydrogens is 218 g/mol. The van der Waals surface area contributed by atoms with E-state index < -0.39 is 10.0 Å². The largest absolute Gasteiger partial charge is 0.283 e. The Morgan fingerprint density at radius 2 is 2.20 bits per heavy atom. The number of aromatic nitrogens is 2. The van der Waals surface area contributed by atoms with Gasteiger partial charge in [0.25, 0.3) is 10.0 Å². The smallest absolute Gasteiger partial charge is 0.279 e. The van der Waals surface area contributed by atoms with Gasteiger partial charge in [-0.2, -0.15) is 5.10 Å². The van der Waals surface area contributed by atoms with Crippen LogP contribution in [0.4, 0.5) is 0 Å². The average molecular weight is 231 g/mol. The molecule has 0 radical (unpaired) electrons. The van der Waals surface area contributed by atoms with E-state index in [9.17, 15) is 8.42 Å². The van der Waals surface area contributed by atoms with E-state index in [1.807, 2.05) is 0 Å². The van der Waals surface area contributed by atoms with E-state index >= 15 is 0 Å². The molecule has 84 valence electrons. The molecule has 0 spiro atoms. The number of rotatable bonds is 4. The molecule has 2 rings (SSSR count). The quantitative estimate of drug-likeness (QED) is 0.742. The molecular formula is C8H13N3O3S. The Kier molecular flexibility index (Phi) is 3.03. The fourth-order valence-electron chi connectivity index (χ4n) is 1.58. The van der Waals surface area contributed by atoms with E-state index in [-0.39, 0.29) is 11.1 Å². The van der Waals surface area contributed by atoms with Crippen LogP contribution >= 0.6 is 0 Å². The molecule has 2 N–H and O–H groups in total. The number of nitrogens with zero attached hydrogens (tertiary/aromatic N) is 1. The Bertz CT molecular complexity index is 395. The molecule has 6 nitrogen and oxygen atoms in total. The summed E-state index contributed by atoms with van der Waals surface area (Å²) >= 11 is 0. The van der Waals surface area contributed by atoms with Crippen LogP contribution in [0.15, 0.2) is 17.3 Å². The van der Waals surface area contributed by atoms with E-state index in [2.05, 4.69) is 15.1 Å². The van der Waals surface area contributed by atoms with Crippen LogP contribution in [0.3, 0.4) is 0 Å². The highest BCUT2D eigenvalue weighted by molar-refractivity contribution is 7.89. The average Bonchev–Trinajstić information content (AvgIpc) is 2.88. The minimum Gasteiger partial charge on any atom is -0.283 e. The van der Waals surface area contributed by atoms with Crippen molar-refractivity contribution in [3.63, 3.8) is 0 Å². The number of nitrogens with one attached hydrogen (secondary N) is 2. The molecule has 0 aromatic carbocycles. The third-order valence-electron chi connectivity index (χ3n) is 2.39. The molecule has 1 aromatic heterocycles. The van der Waals surface area contributed by atoms with Crippen molar-refractivity contribution in [2.24, 2.45) is 0 Å². The van der Waals surface area contributed by atoms with E-state index in [4.69, 9.17) is 4.84 Å². The molecule has 0 bridgehead atoms. The van der Waals surface area contributed by atoms with Gasteiger partial charge < -0.3 is 0 Å². The van der Waals surface area contributed by atoms with Crippen LogP contribution in [0.25, 0.3) is 0 Å². The predicted molar refractivity (Wildman–Crippen MR) is 52.3 cm³/mol. The van der Waals surface area contributed by atoms with E-state index in [0.717, 1.165) is 25.7 Å². The second kappa shape index (κ2) is 4.30. The molecule has 0 amide bonds. The van der Waals surface area contributed by atoms with Crippen LogP contribution in [-0.4, -0.2) is 24.7 Å². The summed E-state index contributed by atoms with van der Waals surface area (Å²) in [5, 5.41) is 5.96. The van der Waals surface area contributed by atoms with Gasteiger partial charge in [-0.05, 0) is 18.9 Å². The molecule has 1 aliphatic rings. The van der Waals surface area contributed by atoms with Crippen molar-refractivity contribution >= 4 is 10.0 Å². The van der Waals surface area contributed by atoms with Crippen LogP contribution in [0.1, 0.15) is 25.7 Å². The molecule has 0 atom stereocenters. The summed E-state index contributed by atoms with van der Waals surface area (Å²) in [6, 6.07) is 1.38. The maximum Gasteiger partial charge on any atom is 0.279 e. The summed E-state index contributed by atoms with van der Waals surface area (Å²) in [5.74, 6) is 0. The first-order valence-electron chi connectivity index (χ1n) is 4.85. The van der Waals surface area contributed by atoms with Crippen molar-refractivity contribution in [1.29, 1.82) is 0 Å². The molecule has 1 saturated carbocycles. The summed E-state index contributed by atoms with van der Waals surface area (Å²) in [6.45, 7) is 0. The minimum absolute atomic E-state index is 0.00250. The number of H-pyrrole nitrogens is 1. The van der Waals surface area contributed by atoms with E-state index in [1.54, 1.807) is 0 Å². The van der Waals surface area contributed by atoms with E-state index in [1.165, 1.54) is 12.3 Å². The van der Waals surface area contributed by atoms with Gasteiger partial charge in [-0.3, -0.25) is 9.94 Å². The molecule has 15 heavy (non-hydrogen) atoms. The summed E-state index contributed by atoms with van der Waals surface area (Å²) < 4.78 is 23.1. The maximum atomic E-state index is 11.5. The van der Waals surface area contributed by atoms with Gasteiger partial charge in [0, 0.05) is 0 Å². The van der Waals surface area contributed by atoms with Gasteiger partial charge in [0.1, 0.15) is 0 Å². The van der Waals surface area contributed by atoms with Gasteiger partial charge in [0.05, 0.1) is 12.3 Å². The lowest BCUT2D eigenvalue weighted by Gasteiger charge is -2.10. The van der Waals surface area contributed by atoms with Crippen LogP contribution < -0.4 is 4.89 Å². The van der Waals surface area contributed by atoms with Crippen molar-refractivity contribution < 1.29 is 13.3 Å². The van der Waals surface area contributed by atoms with Gasteiger partial charge in [-0.25, -0.2) is 8.42 Å². The zero-order chi connectivity index (χ0) is 10.7. The SMILES string of the molecule is O=S(=O)(NOC1CCCC1)c1ccn[nH]1. The highest BCUT2D eigenvalue weighted by Gasteiger charge is 2.21. The third-order valence-corrected chi connectivity index (χ3v) is 3.51. The van der Waals surface area contributed by atoms with Gasteiger partial charge >= 0.3 is 0 Å². The Morgan fingerprint density at radius 3 is 2.80 bits per heavy atom. The van der Waals surface area contributed by atoms with Crippen molar-refractivity contribution in [3.8, 4) is 0 Å². The van der Waals surface area contributed by atoms with Crippen LogP contribution in [0.5, 0.6) is 0 Å². The number of hydrogen-bond donors (Lipinski definition) is 2. The fraction of sp³-hybridized carbons (Fsp3) is 0.625. The molecule has 1 fully saturated rings. The molecule has 1 aliphatic carbocycles. The summed E-state index contributed by atoms with van der Waals surface area (Å²) in [7, 11) is -3.59.